The number of benzene rings is 1. The third-order valence-corrected chi connectivity index (χ3v) is 4.33. The summed E-state index contributed by atoms with van der Waals surface area (Å²) in [4.78, 5) is 4.36. The maximum atomic E-state index is 5.69. The van der Waals surface area contributed by atoms with Crippen molar-refractivity contribution >= 4 is 17.2 Å². The predicted octanol–water partition coefficient (Wildman–Crippen LogP) is 4.23. The number of nitrogens with zero attached hydrogens (tertiary/aromatic N) is 1. The first kappa shape index (κ1) is 14.1. The van der Waals surface area contributed by atoms with Crippen LogP contribution in [0.3, 0.4) is 0 Å². The minimum atomic E-state index is 0.194. The molecule has 3 heteroatoms. The van der Waals surface area contributed by atoms with Gasteiger partial charge in [0.2, 0.25) is 0 Å². The second-order valence-corrected chi connectivity index (χ2v) is 7.12. The Hall–Kier alpha value is -1.35. The summed E-state index contributed by atoms with van der Waals surface area (Å²) in [6, 6.07) is 4.61. The summed E-state index contributed by atoms with van der Waals surface area (Å²) in [5.74, 6) is 0.626. The molecule has 2 rings (SSSR count). The van der Waals surface area contributed by atoms with Crippen molar-refractivity contribution in [2.24, 2.45) is 0 Å². The molecule has 0 saturated carbocycles. The van der Waals surface area contributed by atoms with E-state index in [9.17, 15) is 0 Å². The van der Waals surface area contributed by atoms with Crippen molar-refractivity contribution < 1.29 is 0 Å². The van der Waals surface area contributed by atoms with Crippen LogP contribution in [-0.4, -0.2) is 4.98 Å². The van der Waals surface area contributed by atoms with Crippen molar-refractivity contribution in [2.75, 3.05) is 5.73 Å². The molecule has 0 spiro atoms. The molecule has 102 valence electrons. The van der Waals surface area contributed by atoms with E-state index in [1.165, 1.54) is 22.3 Å². The highest BCUT2D eigenvalue weighted by molar-refractivity contribution is 7.10. The van der Waals surface area contributed by atoms with Gasteiger partial charge in [-0.1, -0.05) is 32.9 Å². The lowest BCUT2D eigenvalue weighted by Crippen LogP contribution is -2.12. The van der Waals surface area contributed by atoms with Gasteiger partial charge in [-0.15, -0.1) is 11.3 Å². The molecule has 1 aromatic carbocycles. The summed E-state index contributed by atoms with van der Waals surface area (Å²) < 4.78 is 0. The summed E-state index contributed by atoms with van der Waals surface area (Å²) in [5.41, 5.74) is 11.3. The first-order valence-electron chi connectivity index (χ1n) is 6.58. The molecule has 0 aliphatic heterocycles. The Bertz CT molecular complexity index is 568. The van der Waals surface area contributed by atoms with E-state index in [0.717, 1.165) is 11.4 Å². The van der Waals surface area contributed by atoms with Gasteiger partial charge in [0, 0.05) is 11.8 Å². The average molecular weight is 274 g/mol. The van der Waals surface area contributed by atoms with Crippen molar-refractivity contribution in [1.82, 2.24) is 4.98 Å². The number of anilines is 1. The molecule has 0 bridgehead atoms. The van der Waals surface area contributed by atoms with Crippen LogP contribution < -0.4 is 5.73 Å². The Morgan fingerprint density at radius 2 is 1.74 bits per heavy atom. The van der Waals surface area contributed by atoms with Crippen molar-refractivity contribution in [3.63, 3.8) is 0 Å². The Balaban J connectivity index is 2.37. The van der Waals surface area contributed by atoms with E-state index >= 15 is 0 Å². The zero-order valence-electron chi connectivity index (χ0n) is 12.4. The normalized spacial score (nSPS) is 11.8. The van der Waals surface area contributed by atoms with Gasteiger partial charge < -0.3 is 5.73 Å². The number of hydrogen-bond donors (Lipinski definition) is 1. The lowest BCUT2D eigenvalue weighted by atomic mass is 9.83. The van der Waals surface area contributed by atoms with Crippen LogP contribution in [0.15, 0.2) is 17.5 Å². The van der Waals surface area contributed by atoms with Crippen molar-refractivity contribution in [3.05, 3.63) is 44.8 Å². The number of rotatable bonds is 2. The fourth-order valence-corrected chi connectivity index (χ4v) is 2.96. The van der Waals surface area contributed by atoms with Gasteiger partial charge in [0.25, 0.3) is 0 Å². The van der Waals surface area contributed by atoms with Crippen LogP contribution in [0.25, 0.3) is 0 Å². The van der Waals surface area contributed by atoms with E-state index < -0.39 is 0 Å². The van der Waals surface area contributed by atoms with Crippen LogP contribution in [0, 0.1) is 13.8 Å². The zero-order valence-corrected chi connectivity index (χ0v) is 13.2. The second-order valence-electron chi connectivity index (χ2n) is 6.18. The molecule has 0 amide bonds. The van der Waals surface area contributed by atoms with Crippen LogP contribution in [0.5, 0.6) is 0 Å². The lowest BCUT2D eigenvalue weighted by molar-refractivity contribution is 0.589. The molecule has 19 heavy (non-hydrogen) atoms. The van der Waals surface area contributed by atoms with Gasteiger partial charge in [-0.25, -0.2) is 4.98 Å². The molecular weight excluding hydrogens is 252 g/mol. The Morgan fingerprint density at radius 3 is 2.16 bits per heavy atom. The molecule has 0 saturated heterocycles. The van der Waals surface area contributed by atoms with Crippen LogP contribution >= 0.6 is 11.3 Å². The molecule has 2 aromatic rings. The van der Waals surface area contributed by atoms with Crippen molar-refractivity contribution in [3.8, 4) is 0 Å². The maximum absolute atomic E-state index is 5.69. The summed E-state index contributed by atoms with van der Waals surface area (Å²) in [6.45, 7) is 11.1. The average Bonchev–Trinajstić information content (AvgIpc) is 2.68. The molecule has 2 nitrogen and oxygen atoms in total. The van der Waals surface area contributed by atoms with Crippen molar-refractivity contribution in [1.29, 1.82) is 0 Å². The number of aromatic nitrogens is 1. The molecule has 0 aliphatic carbocycles. The summed E-state index contributed by atoms with van der Waals surface area (Å²) >= 11 is 1.64. The number of nitrogens with two attached hydrogens (primary N) is 1. The first-order valence-corrected chi connectivity index (χ1v) is 7.46. The highest BCUT2D eigenvalue weighted by Gasteiger charge is 2.16. The van der Waals surface area contributed by atoms with E-state index in [0.29, 0.717) is 5.82 Å². The fraction of sp³-hybridized carbons (Fsp3) is 0.438. The van der Waals surface area contributed by atoms with Gasteiger partial charge in [-0.2, -0.15) is 0 Å². The van der Waals surface area contributed by atoms with Gasteiger partial charge in [-0.05, 0) is 41.5 Å². The maximum Gasteiger partial charge on any atom is 0.134 e. The molecule has 0 aliphatic rings. The number of aryl methyl sites for hydroxylation is 2. The molecule has 0 radical (unpaired) electrons. The third-order valence-electron chi connectivity index (χ3n) is 3.46. The van der Waals surface area contributed by atoms with Crippen LogP contribution in [0.4, 0.5) is 5.82 Å². The van der Waals surface area contributed by atoms with Gasteiger partial charge in [0.15, 0.2) is 0 Å². The monoisotopic (exact) mass is 274 g/mol. The van der Waals surface area contributed by atoms with E-state index in [2.05, 4.69) is 51.7 Å². The second kappa shape index (κ2) is 4.97. The number of nitrogen functional groups attached to an aromatic ring is 1. The molecule has 1 heterocycles. The topological polar surface area (TPSA) is 38.9 Å². The van der Waals surface area contributed by atoms with E-state index in [-0.39, 0.29) is 5.41 Å². The number of thiazole rings is 1. The molecular formula is C16H22N2S. The molecule has 2 N–H and O–H groups in total. The van der Waals surface area contributed by atoms with Gasteiger partial charge in [0.05, 0.1) is 5.01 Å². The van der Waals surface area contributed by atoms with Gasteiger partial charge in [-0.3, -0.25) is 0 Å². The summed E-state index contributed by atoms with van der Waals surface area (Å²) in [6.07, 6.45) is 0.879. The Labute approximate surface area is 119 Å². The van der Waals surface area contributed by atoms with Crippen LogP contribution in [0.2, 0.25) is 0 Å². The van der Waals surface area contributed by atoms with Crippen LogP contribution in [-0.2, 0) is 11.8 Å². The SMILES string of the molecule is Cc1cc(C(C)(C)C)cc(C)c1Cc1nc(N)cs1. The highest BCUT2D eigenvalue weighted by atomic mass is 32.1. The molecule has 0 fully saturated rings. The van der Waals surface area contributed by atoms with Crippen molar-refractivity contribution in [2.45, 2.75) is 46.5 Å². The largest absolute Gasteiger partial charge is 0.383 e. The third kappa shape index (κ3) is 3.16. The zero-order chi connectivity index (χ0) is 14.2. The predicted molar refractivity (Wildman–Crippen MR) is 83.9 cm³/mol. The van der Waals surface area contributed by atoms with Crippen LogP contribution in [0.1, 0.15) is 48.0 Å². The fourth-order valence-electron chi connectivity index (χ4n) is 2.26. The summed E-state index contributed by atoms with van der Waals surface area (Å²) in [7, 11) is 0. The standard InChI is InChI=1S/C16H22N2S/c1-10-6-12(16(3,4)5)7-11(2)13(10)8-15-18-14(17)9-19-15/h6-7,9H,8,17H2,1-5H3. The van der Waals surface area contributed by atoms with E-state index in [1.807, 2.05) is 5.38 Å². The lowest BCUT2D eigenvalue weighted by Gasteiger charge is -2.22. The number of hydrogen-bond acceptors (Lipinski definition) is 3. The highest BCUT2D eigenvalue weighted by Crippen LogP contribution is 2.28. The Kier molecular flexibility index (Phi) is 3.68. The molecule has 1 aromatic heterocycles. The van der Waals surface area contributed by atoms with Gasteiger partial charge in [0.1, 0.15) is 5.82 Å². The van der Waals surface area contributed by atoms with E-state index in [1.54, 1.807) is 11.3 Å². The quantitative estimate of drug-likeness (QED) is 0.890. The first-order chi connectivity index (χ1) is 8.77. The van der Waals surface area contributed by atoms with E-state index in [4.69, 9.17) is 5.73 Å². The Morgan fingerprint density at radius 1 is 1.16 bits per heavy atom. The van der Waals surface area contributed by atoms with Gasteiger partial charge >= 0.3 is 0 Å². The molecule has 0 atom stereocenters. The minimum absolute atomic E-state index is 0.194. The minimum Gasteiger partial charge on any atom is -0.383 e. The smallest absolute Gasteiger partial charge is 0.134 e. The summed E-state index contributed by atoms with van der Waals surface area (Å²) in [5, 5.41) is 3.00. The molecule has 0 unspecified atom stereocenters.